The number of carbonyl (C=O) groups excluding carboxylic acids is 1. The number of hydrogen-bond acceptors (Lipinski definition) is 4. The monoisotopic (exact) mass is 340 g/mol. The van der Waals surface area contributed by atoms with Gasteiger partial charge in [-0.15, -0.1) is 0 Å². The smallest absolute Gasteiger partial charge is 0.330 e. The van der Waals surface area contributed by atoms with Crippen LogP contribution in [0.25, 0.3) is 0 Å². The highest BCUT2D eigenvalue weighted by Gasteiger charge is 2.35. The summed E-state index contributed by atoms with van der Waals surface area (Å²) in [5, 5.41) is 0. The van der Waals surface area contributed by atoms with E-state index in [0.717, 1.165) is 49.7 Å². The zero-order valence-electron chi connectivity index (χ0n) is 14.8. The summed E-state index contributed by atoms with van der Waals surface area (Å²) in [6, 6.07) is 8.69. The number of aromatic nitrogens is 2. The van der Waals surface area contributed by atoms with E-state index >= 15 is 0 Å². The first-order valence-corrected chi connectivity index (χ1v) is 8.85. The summed E-state index contributed by atoms with van der Waals surface area (Å²) < 4.78 is 6.96. The SMILES string of the molecule is COc1ccc(CN2CCC(N3Cc4cnc(C)n4C3=O)CC2)cc1. The highest BCUT2D eigenvalue weighted by molar-refractivity contribution is 5.81. The zero-order valence-corrected chi connectivity index (χ0v) is 14.8. The van der Waals surface area contributed by atoms with Gasteiger partial charge in [0.25, 0.3) is 0 Å². The first-order chi connectivity index (χ1) is 12.2. The van der Waals surface area contributed by atoms with Crippen molar-refractivity contribution in [3.8, 4) is 5.75 Å². The van der Waals surface area contributed by atoms with Crippen LogP contribution in [0.2, 0.25) is 0 Å². The average molecular weight is 340 g/mol. The first kappa shape index (κ1) is 16.1. The average Bonchev–Trinajstić information content (AvgIpc) is 3.17. The van der Waals surface area contributed by atoms with Crippen molar-refractivity contribution in [2.75, 3.05) is 20.2 Å². The zero-order chi connectivity index (χ0) is 17.4. The van der Waals surface area contributed by atoms with Gasteiger partial charge in [0, 0.05) is 25.7 Å². The van der Waals surface area contributed by atoms with E-state index in [9.17, 15) is 4.79 Å². The number of fused-ring (bicyclic) bond motifs is 1. The molecule has 0 radical (unpaired) electrons. The molecule has 1 saturated heterocycles. The summed E-state index contributed by atoms with van der Waals surface area (Å²) in [5.74, 6) is 1.68. The van der Waals surface area contributed by atoms with Gasteiger partial charge in [-0.2, -0.15) is 0 Å². The number of benzene rings is 1. The molecule has 6 heteroatoms. The Bertz CT molecular complexity index is 760. The Morgan fingerprint density at radius 3 is 2.56 bits per heavy atom. The normalized spacial score (nSPS) is 18.6. The van der Waals surface area contributed by atoms with Gasteiger partial charge in [0.2, 0.25) is 0 Å². The van der Waals surface area contributed by atoms with Gasteiger partial charge in [-0.3, -0.25) is 9.47 Å². The van der Waals surface area contributed by atoms with Crippen LogP contribution in [0.5, 0.6) is 5.75 Å². The van der Waals surface area contributed by atoms with E-state index in [-0.39, 0.29) is 6.03 Å². The number of ether oxygens (including phenoxy) is 1. The number of imidazole rings is 1. The molecule has 6 nitrogen and oxygen atoms in total. The molecule has 132 valence electrons. The number of piperidine rings is 1. The van der Waals surface area contributed by atoms with E-state index in [1.54, 1.807) is 11.7 Å². The molecule has 25 heavy (non-hydrogen) atoms. The van der Waals surface area contributed by atoms with Crippen LogP contribution in [0.3, 0.4) is 0 Å². The summed E-state index contributed by atoms with van der Waals surface area (Å²) in [6.07, 6.45) is 3.88. The van der Waals surface area contributed by atoms with Crippen molar-refractivity contribution < 1.29 is 9.53 Å². The van der Waals surface area contributed by atoms with Crippen LogP contribution in [0, 0.1) is 6.92 Å². The van der Waals surface area contributed by atoms with Crippen LogP contribution >= 0.6 is 0 Å². The summed E-state index contributed by atoms with van der Waals surface area (Å²) in [5.41, 5.74) is 2.32. The number of carbonyl (C=O) groups is 1. The molecule has 0 atom stereocenters. The third-order valence-corrected chi connectivity index (χ3v) is 5.34. The van der Waals surface area contributed by atoms with Crippen LogP contribution in [-0.2, 0) is 13.1 Å². The molecule has 0 saturated carbocycles. The molecular formula is C19H24N4O2. The molecule has 0 aliphatic carbocycles. The highest BCUT2D eigenvalue weighted by atomic mass is 16.5. The lowest BCUT2D eigenvalue weighted by atomic mass is 10.0. The van der Waals surface area contributed by atoms with Crippen molar-refractivity contribution in [3.05, 3.63) is 47.5 Å². The Morgan fingerprint density at radius 1 is 1.20 bits per heavy atom. The summed E-state index contributed by atoms with van der Waals surface area (Å²) >= 11 is 0. The molecule has 0 unspecified atom stereocenters. The van der Waals surface area contributed by atoms with E-state index in [1.807, 2.05) is 30.2 Å². The molecule has 3 heterocycles. The third-order valence-electron chi connectivity index (χ3n) is 5.34. The fourth-order valence-corrected chi connectivity index (χ4v) is 3.90. The Hall–Kier alpha value is -2.34. The molecule has 1 fully saturated rings. The van der Waals surface area contributed by atoms with E-state index in [4.69, 9.17) is 4.74 Å². The van der Waals surface area contributed by atoms with Crippen molar-refractivity contribution >= 4 is 6.03 Å². The standard InChI is InChI=1S/C19H24N4O2/c1-14-20-11-17-13-22(19(24)23(14)17)16-7-9-21(10-8-16)12-15-3-5-18(25-2)6-4-15/h3-6,11,16H,7-10,12-13H2,1-2H3. The second-order valence-corrected chi connectivity index (χ2v) is 6.90. The molecule has 0 bridgehead atoms. The van der Waals surface area contributed by atoms with E-state index < -0.39 is 0 Å². The van der Waals surface area contributed by atoms with Gasteiger partial charge >= 0.3 is 6.03 Å². The fraction of sp³-hybridized carbons (Fsp3) is 0.474. The van der Waals surface area contributed by atoms with Gasteiger partial charge < -0.3 is 9.64 Å². The lowest BCUT2D eigenvalue weighted by Crippen LogP contribution is -2.45. The number of aryl methyl sites for hydroxylation is 1. The Labute approximate surface area is 148 Å². The van der Waals surface area contributed by atoms with Gasteiger partial charge in [0.15, 0.2) is 0 Å². The molecule has 1 aromatic carbocycles. The van der Waals surface area contributed by atoms with Crippen LogP contribution in [0.4, 0.5) is 4.79 Å². The largest absolute Gasteiger partial charge is 0.497 e. The summed E-state index contributed by atoms with van der Waals surface area (Å²) in [7, 11) is 1.69. The minimum atomic E-state index is 0.0959. The number of rotatable bonds is 4. The number of nitrogens with zero attached hydrogens (tertiary/aromatic N) is 4. The fourth-order valence-electron chi connectivity index (χ4n) is 3.90. The van der Waals surface area contributed by atoms with Crippen molar-refractivity contribution in [1.29, 1.82) is 0 Å². The molecule has 2 aliphatic rings. The minimum absolute atomic E-state index is 0.0959. The van der Waals surface area contributed by atoms with Gasteiger partial charge in [-0.1, -0.05) is 12.1 Å². The van der Waals surface area contributed by atoms with Crippen LogP contribution < -0.4 is 4.74 Å². The second kappa shape index (κ2) is 6.52. The Morgan fingerprint density at radius 2 is 1.92 bits per heavy atom. The van der Waals surface area contributed by atoms with Gasteiger partial charge in [-0.25, -0.2) is 9.78 Å². The van der Waals surface area contributed by atoms with Crippen LogP contribution in [0.15, 0.2) is 30.5 Å². The van der Waals surface area contributed by atoms with Gasteiger partial charge in [-0.05, 0) is 37.5 Å². The summed E-state index contributed by atoms with van der Waals surface area (Å²) in [6.45, 7) is 5.58. The van der Waals surface area contributed by atoms with Crippen molar-refractivity contribution in [2.24, 2.45) is 0 Å². The predicted molar refractivity (Wildman–Crippen MR) is 94.6 cm³/mol. The third kappa shape index (κ3) is 3.02. The lowest BCUT2D eigenvalue weighted by Gasteiger charge is -2.36. The molecule has 0 N–H and O–H groups in total. The van der Waals surface area contributed by atoms with E-state index in [1.165, 1.54) is 5.56 Å². The number of amides is 1. The van der Waals surface area contributed by atoms with Crippen LogP contribution in [-0.4, -0.2) is 51.6 Å². The van der Waals surface area contributed by atoms with Crippen molar-refractivity contribution in [1.82, 2.24) is 19.4 Å². The van der Waals surface area contributed by atoms with Gasteiger partial charge in [0.1, 0.15) is 11.6 Å². The molecule has 2 aromatic rings. The molecule has 1 amide bonds. The second-order valence-electron chi connectivity index (χ2n) is 6.90. The number of methoxy groups -OCH3 is 1. The van der Waals surface area contributed by atoms with E-state index in [0.29, 0.717) is 12.6 Å². The molecule has 1 aromatic heterocycles. The Balaban J connectivity index is 1.33. The topological polar surface area (TPSA) is 50.6 Å². The van der Waals surface area contributed by atoms with Gasteiger partial charge in [0.05, 0.1) is 25.5 Å². The lowest BCUT2D eigenvalue weighted by molar-refractivity contribution is 0.123. The number of likely N-dealkylation sites (tertiary alicyclic amines) is 1. The van der Waals surface area contributed by atoms with Crippen molar-refractivity contribution in [3.63, 3.8) is 0 Å². The molecule has 4 rings (SSSR count). The molecule has 0 spiro atoms. The van der Waals surface area contributed by atoms with E-state index in [2.05, 4.69) is 22.0 Å². The van der Waals surface area contributed by atoms with Crippen LogP contribution in [0.1, 0.15) is 29.9 Å². The molecule has 2 aliphatic heterocycles. The Kier molecular flexibility index (Phi) is 4.21. The maximum Gasteiger partial charge on any atom is 0.330 e. The maximum absolute atomic E-state index is 12.6. The minimum Gasteiger partial charge on any atom is -0.497 e. The predicted octanol–water partition coefficient (Wildman–Crippen LogP) is 2.65. The summed E-state index contributed by atoms with van der Waals surface area (Å²) in [4.78, 5) is 21.4. The number of hydrogen-bond donors (Lipinski definition) is 0. The highest BCUT2D eigenvalue weighted by Crippen LogP contribution is 2.26. The molecular weight excluding hydrogens is 316 g/mol. The first-order valence-electron chi connectivity index (χ1n) is 8.85. The van der Waals surface area contributed by atoms with Crippen molar-refractivity contribution in [2.45, 2.75) is 38.9 Å². The quantitative estimate of drug-likeness (QED) is 0.859. The maximum atomic E-state index is 12.6.